The number of amides is 1. The number of hydrogen-bond donors (Lipinski definition) is 2. The topological polar surface area (TPSA) is 80.7 Å². The van der Waals surface area contributed by atoms with Crippen molar-refractivity contribution in [2.24, 2.45) is 5.92 Å². The summed E-state index contributed by atoms with van der Waals surface area (Å²) in [5, 5.41) is 14.7. The van der Waals surface area contributed by atoms with E-state index >= 15 is 0 Å². The van der Waals surface area contributed by atoms with Crippen LogP contribution in [0.1, 0.15) is 83.2 Å². The normalized spacial score (nSPS) is 21.9. The Kier molecular flexibility index (Phi) is 8.15. The number of carbonyl (C=O) groups is 1. The van der Waals surface area contributed by atoms with Crippen LogP contribution in [-0.2, 0) is 15.8 Å². The molecule has 1 aliphatic rings. The number of rotatable bonds is 6. The van der Waals surface area contributed by atoms with E-state index in [1.165, 1.54) is 0 Å². The van der Waals surface area contributed by atoms with Gasteiger partial charge in [0.2, 0.25) is 0 Å². The molecule has 1 aromatic heterocycles. The molecule has 0 radical (unpaired) electrons. The fourth-order valence-electron chi connectivity index (χ4n) is 3.25. The maximum Gasteiger partial charge on any atom is 0.407 e. The summed E-state index contributed by atoms with van der Waals surface area (Å²) in [7, 11) is -1.80. The van der Waals surface area contributed by atoms with Gasteiger partial charge < -0.3 is 19.6 Å². The molecule has 1 amide bonds. The lowest BCUT2D eigenvalue weighted by Crippen LogP contribution is -2.41. The fraction of sp³-hybridized carbons (Fsp3) is 0.818. The molecule has 1 unspecified atom stereocenters. The van der Waals surface area contributed by atoms with E-state index in [0.29, 0.717) is 6.61 Å². The Labute approximate surface area is 186 Å². The van der Waals surface area contributed by atoms with E-state index in [0.717, 1.165) is 35.6 Å². The Morgan fingerprint density at radius 2 is 1.83 bits per heavy atom. The van der Waals surface area contributed by atoms with Gasteiger partial charge in [-0.2, -0.15) is 0 Å². The molecular weight excluding hydrogens is 416 g/mol. The maximum absolute atomic E-state index is 12.0. The Morgan fingerprint density at radius 1 is 1.23 bits per heavy atom. The SMILES string of the molecule is CC(C)(C)OC(=O)NC1CCC(C(O)c2ncc(CO[Si](C)(C)C(C)(C)C)s2)CC1. The van der Waals surface area contributed by atoms with Crippen LogP contribution < -0.4 is 5.32 Å². The summed E-state index contributed by atoms with van der Waals surface area (Å²) >= 11 is 1.55. The van der Waals surface area contributed by atoms with Gasteiger partial charge in [-0.1, -0.05) is 20.8 Å². The smallest absolute Gasteiger partial charge is 0.407 e. The van der Waals surface area contributed by atoms with Gasteiger partial charge in [-0.25, -0.2) is 9.78 Å². The van der Waals surface area contributed by atoms with Gasteiger partial charge in [0.25, 0.3) is 0 Å². The standard InChI is InChI=1S/C22H40N2O4SSi/c1-21(2,3)28-20(26)24-16-11-9-15(10-12-16)18(25)19-23-13-17(29-19)14-27-30(7,8)22(4,5)6/h13,15-16,18,25H,9-12,14H2,1-8H3,(H,24,26). The highest BCUT2D eigenvalue weighted by Crippen LogP contribution is 2.39. The van der Waals surface area contributed by atoms with Crippen LogP contribution in [0.2, 0.25) is 18.1 Å². The van der Waals surface area contributed by atoms with Crippen molar-refractivity contribution >= 4 is 25.7 Å². The van der Waals surface area contributed by atoms with Crippen molar-refractivity contribution < 1.29 is 19.1 Å². The molecule has 1 saturated carbocycles. The van der Waals surface area contributed by atoms with Crippen molar-refractivity contribution in [3.8, 4) is 0 Å². The molecule has 6 nitrogen and oxygen atoms in total. The van der Waals surface area contributed by atoms with Gasteiger partial charge >= 0.3 is 6.09 Å². The number of hydrogen-bond acceptors (Lipinski definition) is 6. The summed E-state index contributed by atoms with van der Waals surface area (Å²) in [4.78, 5) is 17.5. The first-order valence-electron chi connectivity index (χ1n) is 10.9. The average Bonchev–Trinajstić information content (AvgIpc) is 3.06. The summed E-state index contributed by atoms with van der Waals surface area (Å²) < 4.78 is 11.6. The molecule has 1 aliphatic carbocycles. The number of nitrogens with one attached hydrogen (secondary N) is 1. The molecule has 2 N–H and O–H groups in total. The minimum Gasteiger partial charge on any atom is -0.444 e. The third kappa shape index (κ3) is 7.32. The van der Waals surface area contributed by atoms with E-state index in [-0.39, 0.29) is 23.1 Å². The highest BCUT2D eigenvalue weighted by atomic mass is 32.1. The zero-order chi connectivity index (χ0) is 22.7. The highest BCUT2D eigenvalue weighted by molar-refractivity contribution is 7.11. The first-order chi connectivity index (χ1) is 13.7. The number of nitrogens with zero attached hydrogens (tertiary/aromatic N) is 1. The zero-order valence-corrected chi connectivity index (χ0v) is 21.7. The Balaban J connectivity index is 1.83. The van der Waals surface area contributed by atoms with Crippen LogP contribution in [0.4, 0.5) is 4.79 Å². The van der Waals surface area contributed by atoms with E-state index in [1.54, 1.807) is 11.3 Å². The largest absolute Gasteiger partial charge is 0.444 e. The monoisotopic (exact) mass is 456 g/mol. The van der Waals surface area contributed by atoms with Gasteiger partial charge in [-0.05, 0) is 70.5 Å². The highest BCUT2D eigenvalue weighted by Gasteiger charge is 2.37. The predicted molar refractivity (Wildman–Crippen MR) is 124 cm³/mol. The van der Waals surface area contributed by atoms with E-state index < -0.39 is 20.0 Å². The number of carbonyl (C=O) groups excluding carboxylic acids is 1. The molecule has 172 valence electrons. The molecule has 1 fully saturated rings. The molecule has 1 aromatic rings. The number of aliphatic hydroxyl groups is 1. The second-order valence-electron chi connectivity index (χ2n) is 10.9. The number of aliphatic hydroxyl groups excluding tert-OH is 1. The van der Waals surface area contributed by atoms with Crippen LogP contribution >= 0.6 is 11.3 Å². The van der Waals surface area contributed by atoms with E-state index in [4.69, 9.17) is 9.16 Å². The number of aromatic nitrogens is 1. The van der Waals surface area contributed by atoms with Crippen LogP contribution in [0.5, 0.6) is 0 Å². The summed E-state index contributed by atoms with van der Waals surface area (Å²) in [6, 6.07) is 0.105. The zero-order valence-electron chi connectivity index (χ0n) is 19.9. The second-order valence-corrected chi connectivity index (χ2v) is 16.9. The van der Waals surface area contributed by atoms with Crippen LogP contribution in [0, 0.1) is 5.92 Å². The molecule has 30 heavy (non-hydrogen) atoms. The van der Waals surface area contributed by atoms with Gasteiger partial charge in [0, 0.05) is 17.1 Å². The maximum atomic E-state index is 12.0. The van der Waals surface area contributed by atoms with Gasteiger partial charge in [0.1, 0.15) is 16.7 Å². The molecule has 2 rings (SSSR count). The fourth-order valence-corrected chi connectivity index (χ4v) is 5.21. The predicted octanol–water partition coefficient (Wildman–Crippen LogP) is 5.78. The molecular formula is C22H40N2O4SSi. The van der Waals surface area contributed by atoms with Crippen molar-refractivity contribution in [1.29, 1.82) is 0 Å². The third-order valence-electron chi connectivity index (χ3n) is 6.15. The van der Waals surface area contributed by atoms with E-state index in [1.807, 2.05) is 27.0 Å². The molecule has 1 atom stereocenters. The quantitative estimate of drug-likeness (QED) is 0.530. The minimum atomic E-state index is -1.80. The van der Waals surface area contributed by atoms with Gasteiger partial charge in [0.05, 0.1) is 6.61 Å². The van der Waals surface area contributed by atoms with Crippen LogP contribution in [0.15, 0.2) is 6.20 Å². The first-order valence-corrected chi connectivity index (χ1v) is 14.7. The van der Waals surface area contributed by atoms with Crippen LogP contribution in [0.3, 0.4) is 0 Å². The lowest BCUT2D eigenvalue weighted by molar-refractivity contribution is 0.0449. The van der Waals surface area contributed by atoms with Gasteiger partial charge in [-0.15, -0.1) is 11.3 Å². The van der Waals surface area contributed by atoms with Crippen molar-refractivity contribution in [2.45, 2.75) is 110 Å². The summed E-state index contributed by atoms with van der Waals surface area (Å²) in [6.07, 6.45) is 4.32. The van der Waals surface area contributed by atoms with Crippen molar-refractivity contribution in [3.05, 3.63) is 16.1 Å². The van der Waals surface area contributed by atoms with Crippen LogP contribution in [0.25, 0.3) is 0 Å². The van der Waals surface area contributed by atoms with Crippen LogP contribution in [-0.4, -0.2) is 36.1 Å². The number of alkyl carbamates (subject to hydrolysis) is 1. The molecule has 8 heteroatoms. The summed E-state index contributed by atoms with van der Waals surface area (Å²) in [5.41, 5.74) is -0.492. The number of thiazole rings is 1. The number of ether oxygens (including phenoxy) is 1. The van der Waals surface area contributed by atoms with E-state index in [2.05, 4.69) is 44.2 Å². The molecule has 0 spiro atoms. The van der Waals surface area contributed by atoms with Crippen molar-refractivity contribution in [2.75, 3.05) is 0 Å². The first kappa shape index (κ1) is 25.3. The lowest BCUT2D eigenvalue weighted by atomic mass is 9.83. The molecule has 1 heterocycles. The van der Waals surface area contributed by atoms with Crippen molar-refractivity contribution in [1.82, 2.24) is 10.3 Å². The Morgan fingerprint density at radius 3 is 2.37 bits per heavy atom. The Hall–Kier alpha value is -0.963. The average molecular weight is 457 g/mol. The molecule has 0 aromatic carbocycles. The minimum absolute atomic E-state index is 0.105. The second kappa shape index (κ2) is 9.67. The Bertz CT molecular complexity index is 701. The van der Waals surface area contributed by atoms with Gasteiger partial charge in [0.15, 0.2) is 8.32 Å². The molecule has 0 saturated heterocycles. The lowest BCUT2D eigenvalue weighted by Gasteiger charge is -2.35. The summed E-state index contributed by atoms with van der Waals surface area (Å²) in [6.45, 7) is 17.3. The summed E-state index contributed by atoms with van der Waals surface area (Å²) in [5.74, 6) is 0.169. The van der Waals surface area contributed by atoms with Gasteiger partial charge in [-0.3, -0.25) is 0 Å². The molecule has 0 bridgehead atoms. The van der Waals surface area contributed by atoms with Crippen molar-refractivity contribution in [3.63, 3.8) is 0 Å². The molecule has 0 aliphatic heterocycles. The van der Waals surface area contributed by atoms with E-state index in [9.17, 15) is 9.90 Å². The third-order valence-corrected chi connectivity index (χ3v) is 11.7.